The van der Waals surface area contributed by atoms with E-state index in [1.807, 2.05) is 36.4 Å². The van der Waals surface area contributed by atoms with E-state index >= 15 is 0 Å². The molecule has 1 aliphatic carbocycles. The van der Waals surface area contributed by atoms with Gasteiger partial charge in [0, 0.05) is 18.0 Å². The molecule has 2 amide bonds. The summed E-state index contributed by atoms with van der Waals surface area (Å²) < 4.78 is 5.55. The largest absolute Gasteiger partial charge is 0.481 e. The highest BCUT2D eigenvalue weighted by molar-refractivity contribution is 5.87. The predicted octanol–water partition coefficient (Wildman–Crippen LogP) is 2.82. The lowest BCUT2D eigenvalue weighted by atomic mass is 9.98. The third kappa shape index (κ3) is 6.10. The van der Waals surface area contributed by atoms with Crippen LogP contribution in [0.3, 0.4) is 0 Å². The minimum Gasteiger partial charge on any atom is -0.481 e. The summed E-state index contributed by atoms with van der Waals surface area (Å²) in [4.78, 5) is 38.3. The average molecular weight is 454 g/mol. The van der Waals surface area contributed by atoms with Crippen LogP contribution in [-0.4, -0.2) is 66.8 Å². The van der Waals surface area contributed by atoms with Crippen LogP contribution in [0.1, 0.15) is 37.3 Å². The molecule has 3 rings (SSSR count). The van der Waals surface area contributed by atoms with Crippen molar-refractivity contribution >= 4 is 18.0 Å². The first-order chi connectivity index (χ1) is 15.6. The molecule has 0 aromatic heterocycles. The van der Waals surface area contributed by atoms with Crippen molar-refractivity contribution in [2.45, 2.75) is 37.8 Å². The van der Waals surface area contributed by atoms with E-state index in [1.165, 1.54) is 0 Å². The Hall–Kier alpha value is -3.39. The molecule has 0 unspecified atom stereocenters. The Labute approximate surface area is 193 Å². The minimum absolute atomic E-state index is 0.0845. The van der Waals surface area contributed by atoms with Crippen molar-refractivity contribution in [3.05, 3.63) is 59.7 Å². The van der Waals surface area contributed by atoms with Crippen LogP contribution in [0.25, 0.3) is 11.1 Å². The molecule has 0 bridgehead atoms. The number of carboxylic acids is 1. The molecular formula is C25H31N3O5. The highest BCUT2D eigenvalue weighted by Gasteiger charge is 2.31. The molecule has 8 heteroatoms. The number of aliphatic carboxylic acids is 1. The number of nitrogens with zero attached hydrogens (tertiary/aromatic N) is 1. The Morgan fingerprint density at radius 2 is 1.58 bits per heavy atom. The van der Waals surface area contributed by atoms with E-state index in [0.29, 0.717) is 0 Å². The molecule has 176 valence electrons. The van der Waals surface area contributed by atoms with Gasteiger partial charge in [0.15, 0.2) is 0 Å². The molecule has 0 spiro atoms. The molecule has 0 aliphatic heterocycles. The summed E-state index contributed by atoms with van der Waals surface area (Å²) >= 11 is 0. The number of carbonyl (C=O) groups excluding carboxylic acids is 2. The van der Waals surface area contributed by atoms with Gasteiger partial charge in [0.2, 0.25) is 5.91 Å². The topological polar surface area (TPSA) is 108 Å². The highest BCUT2D eigenvalue weighted by atomic mass is 16.5. The van der Waals surface area contributed by atoms with Gasteiger partial charge in [-0.25, -0.2) is 4.79 Å². The van der Waals surface area contributed by atoms with Crippen LogP contribution in [0, 0.1) is 0 Å². The molecule has 33 heavy (non-hydrogen) atoms. The third-order valence-corrected chi connectivity index (χ3v) is 5.55. The van der Waals surface area contributed by atoms with Crippen molar-refractivity contribution in [2.24, 2.45) is 0 Å². The van der Waals surface area contributed by atoms with Crippen LogP contribution >= 0.6 is 0 Å². The number of likely N-dealkylation sites (N-methyl/N-ethyl adjacent to an activating group) is 1. The van der Waals surface area contributed by atoms with E-state index in [-0.39, 0.29) is 25.5 Å². The van der Waals surface area contributed by atoms with Crippen LogP contribution in [0.5, 0.6) is 0 Å². The molecule has 2 aromatic rings. The van der Waals surface area contributed by atoms with Gasteiger partial charge >= 0.3 is 12.1 Å². The van der Waals surface area contributed by atoms with Gasteiger partial charge in [0.1, 0.15) is 12.6 Å². The van der Waals surface area contributed by atoms with Crippen molar-refractivity contribution in [3.63, 3.8) is 0 Å². The summed E-state index contributed by atoms with van der Waals surface area (Å²) in [7, 11) is 3.56. The molecule has 0 saturated carbocycles. The second-order valence-electron chi connectivity index (χ2n) is 9.23. The van der Waals surface area contributed by atoms with Crippen LogP contribution in [0.2, 0.25) is 0 Å². The van der Waals surface area contributed by atoms with E-state index in [2.05, 4.69) is 22.8 Å². The van der Waals surface area contributed by atoms with Gasteiger partial charge in [-0.2, -0.15) is 0 Å². The van der Waals surface area contributed by atoms with Gasteiger partial charge < -0.3 is 25.4 Å². The fraction of sp³-hybridized carbons (Fsp3) is 0.400. The van der Waals surface area contributed by atoms with E-state index in [1.54, 1.807) is 32.8 Å². The summed E-state index contributed by atoms with van der Waals surface area (Å²) in [6, 6.07) is 15.2. The zero-order chi connectivity index (χ0) is 24.2. The second-order valence-corrected chi connectivity index (χ2v) is 9.23. The summed E-state index contributed by atoms with van der Waals surface area (Å²) in [6.07, 6.45) is -0.937. The van der Waals surface area contributed by atoms with Gasteiger partial charge in [0.25, 0.3) is 0 Å². The van der Waals surface area contributed by atoms with Crippen molar-refractivity contribution in [1.82, 2.24) is 15.5 Å². The number of benzene rings is 2. The van der Waals surface area contributed by atoms with Crippen LogP contribution in [-0.2, 0) is 14.3 Å². The molecule has 0 radical (unpaired) electrons. The fourth-order valence-corrected chi connectivity index (χ4v) is 4.18. The Morgan fingerprint density at radius 3 is 2.09 bits per heavy atom. The van der Waals surface area contributed by atoms with Gasteiger partial charge in [-0.05, 0) is 50.2 Å². The molecule has 2 aromatic carbocycles. The molecule has 3 N–H and O–H groups in total. The number of hydrogen-bond donors (Lipinski definition) is 3. The third-order valence-electron chi connectivity index (χ3n) is 5.55. The lowest BCUT2D eigenvalue weighted by Gasteiger charge is -2.29. The maximum absolute atomic E-state index is 12.8. The van der Waals surface area contributed by atoms with Crippen LogP contribution in [0.4, 0.5) is 4.79 Å². The monoisotopic (exact) mass is 453 g/mol. The maximum atomic E-state index is 12.8. The Morgan fingerprint density at radius 1 is 1.03 bits per heavy atom. The SMILES string of the molecule is CN(C)C[C@H](NC(=O)OCC1c2ccccc2-c2ccccc21)C(=O)NC(C)(C)CC(=O)O. The number of nitrogens with one attached hydrogen (secondary N) is 2. The molecular weight excluding hydrogens is 422 g/mol. The number of rotatable bonds is 9. The number of carboxylic acid groups (broad SMARTS) is 1. The number of fused-ring (bicyclic) bond motifs is 3. The molecule has 0 saturated heterocycles. The van der Waals surface area contributed by atoms with E-state index in [9.17, 15) is 14.4 Å². The molecule has 1 aliphatic rings. The zero-order valence-corrected chi connectivity index (χ0v) is 19.4. The van der Waals surface area contributed by atoms with Crippen molar-refractivity contribution in [3.8, 4) is 11.1 Å². The summed E-state index contributed by atoms with van der Waals surface area (Å²) in [6.45, 7) is 3.62. The molecule has 8 nitrogen and oxygen atoms in total. The normalized spacial score (nSPS) is 13.7. The van der Waals surface area contributed by atoms with Gasteiger partial charge in [0.05, 0.1) is 6.42 Å². The van der Waals surface area contributed by atoms with Gasteiger partial charge in [-0.1, -0.05) is 48.5 Å². The maximum Gasteiger partial charge on any atom is 0.407 e. The average Bonchev–Trinajstić information content (AvgIpc) is 3.04. The fourth-order valence-electron chi connectivity index (χ4n) is 4.18. The van der Waals surface area contributed by atoms with Gasteiger partial charge in [-0.15, -0.1) is 0 Å². The smallest absolute Gasteiger partial charge is 0.407 e. The Bertz CT molecular complexity index is 989. The number of carbonyl (C=O) groups is 3. The zero-order valence-electron chi connectivity index (χ0n) is 19.4. The van der Waals surface area contributed by atoms with E-state index in [0.717, 1.165) is 22.3 Å². The van der Waals surface area contributed by atoms with E-state index < -0.39 is 29.6 Å². The summed E-state index contributed by atoms with van der Waals surface area (Å²) in [5.41, 5.74) is 3.50. The van der Waals surface area contributed by atoms with Crippen LogP contribution in [0.15, 0.2) is 48.5 Å². The lowest BCUT2D eigenvalue weighted by Crippen LogP contribution is -2.56. The second kappa shape index (κ2) is 10.0. The number of hydrogen-bond acceptors (Lipinski definition) is 5. The standard InChI is InChI=1S/C25H31N3O5/c1-25(2,13-22(29)30)27-23(31)21(14-28(3)4)26-24(32)33-15-20-18-11-7-5-9-16(18)17-10-6-8-12-19(17)20/h5-12,20-21H,13-15H2,1-4H3,(H,26,32)(H,27,31)(H,29,30)/t21-/m0/s1. The Balaban J connectivity index is 1.66. The first kappa shape index (κ1) is 24.3. The minimum atomic E-state index is -1.02. The Kier molecular flexibility index (Phi) is 7.38. The van der Waals surface area contributed by atoms with Crippen molar-refractivity contribution in [1.29, 1.82) is 0 Å². The van der Waals surface area contributed by atoms with Crippen molar-refractivity contribution < 1.29 is 24.2 Å². The molecule has 0 heterocycles. The first-order valence-electron chi connectivity index (χ1n) is 10.9. The first-order valence-corrected chi connectivity index (χ1v) is 10.9. The predicted molar refractivity (Wildman–Crippen MR) is 125 cm³/mol. The number of amides is 2. The highest BCUT2D eigenvalue weighted by Crippen LogP contribution is 2.44. The van der Waals surface area contributed by atoms with Gasteiger partial charge in [-0.3, -0.25) is 9.59 Å². The molecule has 0 fully saturated rings. The quantitative estimate of drug-likeness (QED) is 0.539. The number of ether oxygens (including phenoxy) is 1. The molecule has 1 atom stereocenters. The van der Waals surface area contributed by atoms with Crippen LogP contribution < -0.4 is 10.6 Å². The summed E-state index contributed by atoms with van der Waals surface area (Å²) in [5.74, 6) is -1.57. The number of alkyl carbamates (subject to hydrolysis) is 1. The van der Waals surface area contributed by atoms with Crippen molar-refractivity contribution in [2.75, 3.05) is 27.2 Å². The lowest BCUT2D eigenvalue weighted by molar-refractivity contribution is -0.138. The van der Waals surface area contributed by atoms with E-state index in [4.69, 9.17) is 9.84 Å². The summed E-state index contributed by atoms with van der Waals surface area (Å²) in [5, 5.41) is 14.4.